The fourth-order valence-corrected chi connectivity index (χ4v) is 5.18. The molecule has 1 aliphatic carbocycles. The van der Waals surface area contributed by atoms with E-state index in [4.69, 9.17) is 14.2 Å². The number of nitrogens with one attached hydrogen (secondary N) is 2. The summed E-state index contributed by atoms with van der Waals surface area (Å²) in [4.78, 5) is 13.9. The zero-order valence-electron chi connectivity index (χ0n) is 21.0. The van der Waals surface area contributed by atoms with Gasteiger partial charge in [0.15, 0.2) is 17.3 Å². The molecule has 36 heavy (non-hydrogen) atoms. The molecule has 0 saturated heterocycles. The fourth-order valence-electron chi connectivity index (χ4n) is 5.18. The first kappa shape index (κ1) is 23.8. The van der Waals surface area contributed by atoms with Crippen LogP contribution in [-0.4, -0.2) is 26.1 Å². The third-order valence-electron chi connectivity index (χ3n) is 6.80. The van der Waals surface area contributed by atoms with Crippen LogP contribution in [0.1, 0.15) is 49.8 Å². The van der Waals surface area contributed by atoms with Gasteiger partial charge in [0.05, 0.1) is 37.7 Å². The highest BCUT2D eigenvalue weighted by Crippen LogP contribution is 2.46. The molecule has 5 rings (SSSR count). The van der Waals surface area contributed by atoms with Gasteiger partial charge in [-0.25, -0.2) is 0 Å². The van der Waals surface area contributed by atoms with Crippen molar-refractivity contribution in [3.8, 4) is 17.2 Å². The van der Waals surface area contributed by atoms with Gasteiger partial charge in [-0.2, -0.15) is 0 Å². The van der Waals surface area contributed by atoms with Crippen LogP contribution in [0, 0.1) is 0 Å². The number of benzene rings is 3. The molecule has 186 valence electrons. The summed E-state index contributed by atoms with van der Waals surface area (Å²) in [5, 5.41) is 7.24. The van der Waals surface area contributed by atoms with Crippen molar-refractivity contribution in [1.82, 2.24) is 0 Å². The van der Waals surface area contributed by atoms with E-state index in [0.717, 1.165) is 39.5 Å². The minimum atomic E-state index is -0.317. The van der Waals surface area contributed by atoms with Gasteiger partial charge in [0.2, 0.25) is 0 Å². The standard InChI is InChI=1S/C30H32N2O4/c1-4-35-26-13-9-6-10-21(26)30-29-24(31-22-11-7-8-12-23(22)32-30)16-20(17-25(29)33)19-14-15-27(36-5-2)28(18-19)34-3/h6-15,18,20,30-32H,4-5,16-17H2,1-3H3. The highest BCUT2D eigenvalue weighted by Gasteiger charge is 2.37. The lowest BCUT2D eigenvalue weighted by atomic mass is 9.78. The highest BCUT2D eigenvalue weighted by atomic mass is 16.5. The summed E-state index contributed by atoms with van der Waals surface area (Å²) in [6, 6.07) is 21.7. The molecular formula is C30H32N2O4. The maximum absolute atomic E-state index is 13.9. The number of rotatable bonds is 7. The van der Waals surface area contributed by atoms with Crippen LogP contribution < -0.4 is 24.8 Å². The van der Waals surface area contributed by atoms with Gasteiger partial charge in [-0.1, -0.05) is 36.4 Å². The Morgan fingerprint density at radius 3 is 2.33 bits per heavy atom. The van der Waals surface area contributed by atoms with Gasteiger partial charge in [-0.15, -0.1) is 0 Å². The summed E-state index contributed by atoms with van der Waals surface area (Å²) in [5.41, 5.74) is 5.65. The largest absolute Gasteiger partial charge is 0.494 e. The number of fused-ring (bicyclic) bond motifs is 1. The second kappa shape index (κ2) is 10.4. The third kappa shape index (κ3) is 4.51. The molecule has 6 nitrogen and oxygen atoms in total. The number of hydrogen-bond acceptors (Lipinski definition) is 6. The first-order valence-electron chi connectivity index (χ1n) is 12.5. The van der Waals surface area contributed by atoms with Crippen molar-refractivity contribution in [1.29, 1.82) is 0 Å². The van der Waals surface area contributed by atoms with Gasteiger partial charge in [-0.05, 0) is 62.1 Å². The number of ether oxygens (including phenoxy) is 3. The quantitative estimate of drug-likeness (QED) is 0.400. The molecule has 0 spiro atoms. The monoisotopic (exact) mass is 484 g/mol. The predicted molar refractivity (Wildman–Crippen MR) is 142 cm³/mol. The summed E-state index contributed by atoms with van der Waals surface area (Å²) < 4.78 is 17.2. The van der Waals surface area contributed by atoms with Crippen LogP contribution in [0.25, 0.3) is 0 Å². The molecule has 6 heteroatoms. The summed E-state index contributed by atoms with van der Waals surface area (Å²) in [7, 11) is 1.64. The summed E-state index contributed by atoms with van der Waals surface area (Å²) >= 11 is 0. The number of hydrogen-bond donors (Lipinski definition) is 2. The van der Waals surface area contributed by atoms with Gasteiger partial charge < -0.3 is 24.8 Å². The van der Waals surface area contributed by atoms with Crippen LogP contribution in [-0.2, 0) is 4.79 Å². The lowest BCUT2D eigenvalue weighted by Gasteiger charge is -2.30. The maximum Gasteiger partial charge on any atom is 0.163 e. The molecule has 2 atom stereocenters. The third-order valence-corrected chi connectivity index (χ3v) is 6.80. The van der Waals surface area contributed by atoms with E-state index < -0.39 is 0 Å². The first-order chi connectivity index (χ1) is 17.6. The van der Waals surface area contributed by atoms with E-state index >= 15 is 0 Å². The molecule has 0 radical (unpaired) electrons. The van der Waals surface area contributed by atoms with E-state index in [2.05, 4.69) is 10.6 Å². The van der Waals surface area contributed by atoms with Crippen molar-refractivity contribution in [2.24, 2.45) is 0 Å². The lowest BCUT2D eigenvalue weighted by Crippen LogP contribution is -2.27. The number of ketones is 1. The lowest BCUT2D eigenvalue weighted by molar-refractivity contribution is -0.116. The SMILES string of the molecule is CCOc1ccc(C2CC(=O)C3=C(C2)Nc2ccccc2NC3c2ccccc2OCC)cc1OC. The Labute approximate surface area is 212 Å². The fraction of sp³-hybridized carbons (Fsp3) is 0.300. The van der Waals surface area contributed by atoms with Crippen LogP contribution in [0.5, 0.6) is 17.2 Å². The van der Waals surface area contributed by atoms with Crippen molar-refractivity contribution >= 4 is 17.2 Å². The van der Waals surface area contributed by atoms with Crippen LogP contribution in [0.3, 0.4) is 0 Å². The average molecular weight is 485 g/mol. The zero-order chi connectivity index (χ0) is 25.1. The number of carbonyl (C=O) groups excluding carboxylic acids is 1. The number of carbonyl (C=O) groups is 1. The molecule has 2 aliphatic rings. The summed E-state index contributed by atoms with van der Waals surface area (Å²) in [6.45, 7) is 5.04. The Bertz CT molecular complexity index is 1300. The molecule has 3 aromatic rings. The topological polar surface area (TPSA) is 68.8 Å². The smallest absolute Gasteiger partial charge is 0.163 e. The Morgan fingerprint density at radius 1 is 0.833 bits per heavy atom. The van der Waals surface area contributed by atoms with Crippen molar-refractivity contribution in [3.63, 3.8) is 0 Å². The number of para-hydroxylation sites is 3. The molecule has 0 amide bonds. The summed E-state index contributed by atoms with van der Waals surface area (Å²) in [5.74, 6) is 2.34. The van der Waals surface area contributed by atoms with E-state index in [1.807, 2.05) is 80.6 Å². The van der Waals surface area contributed by atoms with Gasteiger partial charge >= 0.3 is 0 Å². The Balaban J connectivity index is 1.58. The molecule has 0 aromatic heterocycles. The second-order valence-corrected chi connectivity index (χ2v) is 8.98. The number of Topliss-reactive ketones (excluding diaryl/α,β-unsaturated/α-hetero) is 1. The van der Waals surface area contributed by atoms with E-state index in [1.165, 1.54) is 0 Å². The number of allylic oxidation sites excluding steroid dienone is 1. The van der Waals surface area contributed by atoms with Gasteiger partial charge in [-0.3, -0.25) is 4.79 Å². The Hall–Kier alpha value is -3.93. The van der Waals surface area contributed by atoms with E-state index in [9.17, 15) is 4.79 Å². The van der Waals surface area contributed by atoms with Crippen molar-refractivity contribution in [2.45, 2.75) is 38.6 Å². The highest BCUT2D eigenvalue weighted by molar-refractivity contribution is 6.01. The normalized spacial score (nSPS) is 18.8. The molecule has 0 fully saturated rings. The van der Waals surface area contributed by atoms with Crippen molar-refractivity contribution in [2.75, 3.05) is 31.0 Å². The Kier molecular flexibility index (Phi) is 6.85. The minimum Gasteiger partial charge on any atom is -0.494 e. The van der Waals surface area contributed by atoms with Gasteiger partial charge in [0.1, 0.15) is 5.75 Å². The van der Waals surface area contributed by atoms with Crippen molar-refractivity contribution in [3.05, 3.63) is 89.1 Å². The second-order valence-electron chi connectivity index (χ2n) is 8.98. The maximum atomic E-state index is 13.9. The van der Waals surface area contributed by atoms with Crippen molar-refractivity contribution < 1.29 is 19.0 Å². The van der Waals surface area contributed by atoms with Crippen LogP contribution in [0.15, 0.2) is 78.0 Å². The van der Waals surface area contributed by atoms with Gasteiger partial charge in [0.25, 0.3) is 0 Å². The van der Waals surface area contributed by atoms with Gasteiger partial charge in [0, 0.05) is 23.3 Å². The average Bonchev–Trinajstić information content (AvgIpc) is 3.06. The molecule has 3 aromatic carbocycles. The molecule has 2 unspecified atom stereocenters. The Morgan fingerprint density at radius 2 is 1.56 bits per heavy atom. The molecular weight excluding hydrogens is 452 g/mol. The molecule has 1 heterocycles. The molecule has 1 aliphatic heterocycles. The molecule has 0 saturated carbocycles. The molecule has 2 N–H and O–H groups in total. The van der Waals surface area contributed by atoms with Crippen LogP contribution in [0.2, 0.25) is 0 Å². The predicted octanol–water partition coefficient (Wildman–Crippen LogP) is 6.47. The zero-order valence-corrected chi connectivity index (χ0v) is 21.0. The summed E-state index contributed by atoms with van der Waals surface area (Å²) in [6.07, 6.45) is 1.13. The number of methoxy groups -OCH3 is 1. The first-order valence-corrected chi connectivity index (χ1v) is 12.5. The van der Waals surface area contributed by atoms with E-state index in [-0.39, 0.29) is 17.7 Å². The van der Waals surface area contributed by atoms with E-state index in [0.29, 0.717) is 37.6 Å². The van der Waals surface area contributed by atoms with Crippen LogP contribution in [0.4, 0.5) is 11.4 Å². The number of anilines is 2. The molecule has 0 bridgehead atoms. The van der Waals surface area contributed by atoms with E-state index in [1.54, 1.807) is 7.11 Å². The minimum absolute atomic E-state index is 0.0291. The van der Waals surface area contributed by atoms with Crippen LogP contribution >= 0.6 is 0 Å².